The van der Waals surface area contributed by atoms with E-state index in [4.69, 9.17) is 9.84 Å². The van der Waals surface area contributed by atoms with Crippen LogP contribution in [0.3, 0.4) is 0 Å². The van der Waals surface area contributed by atoms with Crippen molar-refractivity contribution in [3.8, 4) is 0 Å². The van der Waals surface area contributed by atoms with Crippen molar-refractivity contribution in [3.05, 3.63) is 101 Å². The molecule has 3 N–H and O–H groups in total. The second-order valence-corrected chi connectivity index (χ2v) is 10.7. The van der Waals surface area contributed by atoms with Crippen LogP contribution >= 0.6 is 0 Å². The minimum absolute atomic E-state index is 0.0708. The number of hydrogen-bond acceptors (Lipinski definition) is 4. The number of nitrogens with zero attached hydrogens (tertiary/aromatic N) is 1. The van der Waals surface area contributed by atoms with Crippen molar-refractivity contribution < 1.29 is 50.2 Å². The molecule has 242 valence electrons. The van der Waals surface area contributed by atoms with Crippen LogP contribution in [0.1, 0.15) is 35.4 Å². The van der Waals surface area contributed by atoms with E-state index in [1.807, 2.05) is 0 Å². The largest absolute Gasteiger partial charge is 0.465 e. The van der Waals surface area contributed by atoms with Crippen molar-refractivity contribution >= 4 is 17.7 Å². The zero-order valence-corrected chi connectivity index (χ0v) is 23.7. The molecule has 0 spiro atoms. The number of carbonyl (C=O) groups excluding carboxylic acids is 1. The van der Waals surface area contributed by atoms with Crippen LogP contribution in [0.2, 0.25) is 0 Å². The van der Waals surface area contributed by atoms with Crippen molar-refractivity contribution in [1.82, 2.24) is 10.2 Å². The van der Waals surface area contributed by atoms with E-state index in [1.165, 1.54) is 30.3 Å². The topological polar surface area (TPSA) is 90.9 Å². The fourth-order valence-electron chi connectivity index (χ4n) is 5.18. The van der Waals surface area contributed by atoms with E-state index in [0.717, 1.165) is 24.3 Å². The first-order valence-corrected chi connectivity index (χ1v) is 14.0. The molecule has 1 aliphatic heterocycles. The highest BCUT2D eigenvalue weighted by atomic mass is 19.4. The van der Waals surface area contributed by atoms with Gasteiger partial charge in [0.2, 0.25) is 5.91 Å². The number of alkyl halides is 3. The molecule has 0 aliphatic carbocycles. The average Bonchev–Trinajstić information content (AvgIpc) is 2.95. The maximum Gasteiger partial charge on any atom is 0.407 e. The van der Waals surface area contributed by atoms with E-state index in [2.05, 4.69) is 10.6 Å². The smallest absolute Gasteiger partial charge is 0.407 e. The summed E-state index contributed by atoms with van der Waals surface area (Å²) < 4.78 is 100. The van der Waals surface area contributed by atoms with Crippen LogP contribution in [0, 0.1) is 23.3 Å². The summed E-state index contributed by atoms with van der Waals surface area (Å²) in [7, 11) is 0. The van der Waals surface area contributed by atoms with Crippen molar-refractivity contribution in [2.24, 2.45) is 0 Å². The molecule has 0 saturated carbocycles. The Bertz CT molecular complexity index is 1460. The monoisotopic (exact) mass is 641 g/mol. The predicted octanol–water partition coefficient (Wildman–Crippen LogP) is 6.24. The number of amides is 2. The van der Waals surface area contributed by atoms with Gasteiger partial charge in [0.15, 0.2) is 0 Å². The molecule has 2 amide bonds. The van der Waals surface area contributed by atoms with Crippen molar-refractivity contribution in [1.29, 1.82) is 0 Å². The standard InChI is InChI=1S/C31H30F7N3O4/c32-20-6-4-18(5-7-20)26(19-10-21(33)12-22(34)11-19)13-29(42)40-28-3-1-2-27(35)25(28)9-8-24-14-39-23(16-45-24)15-41(30(43)44)17-31(36,37)38/h1-7,10-12,23-24,26,39H,8-9,13-17H2,(H,40,42)(H,43,44)/t23-,24+,26-/m0/s1. The van der Waals surface area contributed by atoms with E-state index in [0.29, 0.717) is 11.6 Å². The fourth-order valence-corrected chi connectivity index (χ4v) is 5.18. The van der Waals surface area contributed by atoms with E-state index >= 15 is 0 Å². The first kappa shape index (κ1) is 33.7. The van der Waals surface area contributed by atoms with E-state index < -0.39 is 72.6 Å². The Morgan fingerprint density at radius 1 is 0.978 bits per heavy atom. The molecule has 0 aromatic heterocycles. The molecule has 0 radical (unpaired) electrons. The second kappa shape index (κ2) is 14.7. The third kappa shape index (κ3) is 9.91. The Morgan fingerprint density at radius 2 is 1.67 bits per heavy atom. The van der Waals surface area contributed by atoms with E-state index in [9.17, 15) is 40.3 Å². The lowest BCUT2D eigenvalue weighted by Gasteiger charge is -2.33. The summed E-state index contributed by atoms with van der Waals surface area (Å²) in [6.45, 7) is -1.95. The van der Waals surface area contributed by atoms with Crippen LogP contribution in [0.15, 0.2) is 60.7 Å². The highest BCUT2D eigenvalue weighted by Gasteiger charge is 2.35. The number of hydrogen-bond donors (Lipinski definition) is 3. The lowest BCUT2D eigenvalue weighted by molar-refractivity contribution is -0.143. The predicted molar refractivity (Wildman–Crippen MR) is 150 cm³/mol. The van der Waals surface area contributed by atoms with Gasteiger partial charge in [0.05, 0.1) is 12.7 Å². The molecule has 3 atom stereocenters. The zero-order valence-electron chi connectivity index (χ0n) is 23.7. The van der Waals surface area contributed by atoms with Crippen LogP contribution in [0.25, 0.3) is 0 Å². The minimum Gasteiger partial charge on any atom is -0.465 e. The Kier molecular flexibility index (Phi) is 11.0. The van der Waals surface area contributed by atoms with Gasteiger partial charge in [-0.2, -0.15) is 13.2 Å². The van der Waals surface area contributed by atoms with Gasteiger partial charge in [-0.25, -0.2) is 22.4 Å². The number of benzene rings is 3. The number of ether oxygens (including phenoxy) is 1. The summed E-state index contributed by atoms with van der Waals surface area (Å²) in [6, 6.07) is 11.4. The molecular weight excluding hydrogens is 611 g/mol. The number of halogens is 7. The molecule has 14 heteroatoms. The highest BCUT2D eigenvalue weighted by molar-refractivity contribution is 5.92. The average molecular weight is 642 g/mol. The molecule has 7 nitrogen and oxygen atoms in total. The summed E-state index contributed by atoms with van der Waals surface area (Å²) in [4.78, 5) is 24.6. The van der Waals surface area contributed by atoms with Gasteiger partial charge in [-0.15, -0.1) is 0 Å². The third-order valence-electron chi connectivity index (χ3n) is 7.31. The van der Waals surface area contributed by atoms with Crippen molar-refractivity contribution in [2.75, 3.05) is 31.6 Å². The van der Waals surface area contributed by atoms with Gasteiger partial charge in [0.1, 0.15) is 29.8 Å². The van der Waals surface area contributed by atoms with Gasteiger partial charge < -0.3 is 20.5 Å². The van der Waals surface area contributed by atoms with Gasteiger partial charge in [0.25, 0.3) is 0 Å². The summed E-state index contributed by atoms with van der Waals surface area (Å²) in [5, 5.41) is 14.7. The molecule has 3 aromatic carbocycles. The summed E-state index contributed by atoms with van der Waals surface area (Å²) >= 11 is 0. The Hall–Kier alpha value is -4.17. The molecule has 1 aliphatic rings. The molecule has 4 rings (SSSR count). The molecular formula is C31H30F7N3O4. The first-order valence-electron chi connectivity index (χ1n) is 14.0. The molecule has 1 saturated heterocycles. The summed E-state index contributed by atoms with van der Waals surface area (Å²) in [5.41, 5.74) is 0.906. The van der Waals surface area contributed by atoms with Crippen LogP contribution in [0.5, 0.6) is 0 Å². The minimum atomic E-state index is -4.69. The summed E-state index contributed by atoms with van der Waals surface area (Å²) in [6.07, 6.45) is -6.82. The number of carbonyl (C=O) groups is 2. The number of carboxylic acid groups (broad SMARTS) is 1. The normalized spacial score (nSPS) is 17.5. The van der Waals surface area contributed by atoms with Crippen LogP contribution in [-0.2, 0) is 16.0 Å². The number of morpholine rings is 1. The summed E-state index contributed by atoms with van der Waals surface area (Å²) in [5.74, 6) is -4.29. The second-order valence-electron chi connectivity index (χ2n) is 10.7. The van der Waals surface area contributed by atoms with Gasteiger partial charge in [-0.1, -0.05) is 18.2 Å². The third-order valence-corrected chi connectivity index (χ3v) is 7.31. The Morgan fingerprint density at radius 3 is 2.27 bits per heavy atom. The van der Waals surface area contributed by atoms with E-state index in [1.54, 1.807) is 0 Å². The molecule has 0 bridgehead atoms. The van der Waals surface area contributed by atoms with Crippen LogP contribution in [0.4, 0.5) is 41.2 Å². The Balaban J connectivity index is 1.39. The maximum absolute atomic E-state index is 14.9. The number of rotatable bonds is 11. The molecule has 1 heterocycles. The van der Waals surface area contributed by atoms with Gasteiger partial charge >= 0.3 is 12.3 Å². The molecule has 3 aromatic rings. The number of anilines is 1. The Labute approximate surface area is 254 Å². The fraction of sp³-hybridized carbons (Fsp3) is 0.355. The van der Waals surface area contributed by atoms with Crippen LogP contribution in [-0.4, -0.2) is 66.6 Å². The zero-order chi connectivity index (χ0) is 32.7. The van der Waals surface area contributed by atoms with Crippen molar-refractivity contribution in [3.63, 3.8) is 0 Å². The van der Waals surface area contributed by atoms with Crippen LogP contribution < -0.4 is 10.6 Å². The van der Waals surface area contributed by atoms with Crippen molar-refractivity contribution in [2.45, 2.75) is 43.5 Å². The molecule has 1 fully saturated rings. The maximum atomic E-state index is 14.9. The molecule has 45 heavy (non-hydrogen) atoms. The number of nitrogens with one attached hydrogen (secondary N) is 2. The SMILES string of the molecule is O=C(C[C@@H](c1ccc(F)cc1)c1cc(F)cc(F)c1)Nc1cccc(F)c1CC[C@@H]1CN[C@@H](CN(CC(F)(F)F)C(=O)O)CO1. The quantitative estimate of drug-likeness (QED) is 0.216. The van der Waals surface area contributed by atoms with E-state index in [-0.39, 0.29) is 54.1 Å². The highest BCUT2D eigenvalue weighted by Crippen LogP contribution is 2.31. The van der Waals surface area contributed by atoms with Gasteiger partial charge in [-0.3, -0.25) is 9.69 Å². The lowest BCUT2D eigenvalue weighted by atomic mass is 9.88. The van der Waals surface area contributed by atoms with Gasteiger partial charge in [-0.05, 0) is 60.4 Å². The lowest BCUT2D eigenvalue weighted by Crippen LogP contribution is -2.53. The first-order chi connectivity index (χ1) is 21.3. The van der Waals surface area contributed by atoms with Gasteiger partial charge in [0, 0.05) is 48.8 Å². The molecule has 0 unspecified atom stereocenters.